The summed E-state index contributed by atoms with van der Waals surface area (Å²) in [4.78, 5) is 11.1. The van der Waals surface area contributed by atoms with Gasteiger partial charge in [-0.1, -0.05) is 11.9 Å². The summed E-state index contributed by atoms with van der Waals surface area (Å²) in [5, 5.41) is 0. The summed E-state index contributed by atoms with van der Waals surface area (Å²) in [6, 6.07) is 0. The van der Waals surface area contributed by atoms with E-state index in [0.29, 0.717) is 0 Å². The van der Waals surface area contributed by atoms with Crippen LogP contribution in [0.5, 0.6) is 0 Å². The molecule has 12 heavy (non-hydrogen) atoms. The highest BCUT2D eigenvalue weighted by Gasteiger charge is 2.15. The quantitative estimate of drug-likeness (QED) is 0.483. The Morgan fingerprint density at radius 1 is 1.75 bits per heavy atom. The first-order valence-corrected chi connectivity index (χ1v) is 5.06. The van der Waals surface area contributed by atoms with E-state index in [1.165, 1.54) is 7.11 Å². The van der Waals surface area contributed by atoms with Crippen molar-refractivity contribution >= 4 is 17.9 Å². The van der Waals surface area contributed by atoms with E-state index in [9.17, 15) is 4.79 Å². The predicted molar refractivity (Wildman–Crippen MR) is 49.6 cm³/mol. The van der Waals surface area contributed by atoms with Gasteiger partial charge in [-0.05, 0) is 12.8 Å². The summed E-state index contributed by atoms with van der Waals surface area (Å²) in [5.74, 6) is -0.200. The third kappa shape index (κ3) is 2.17. The maximum absolute atomic E-state index is 11.1. The van der Waals surface area contributed by atoms with Crippen molar-refractivity contribution in [2.24, 2.45) is 0 Å². The molecule has 68 valence electrons. The second kappa shape index (κ2) is 4.40. The van der Waals surface area contributed by atoms with Crippen LogP contribution in [0.25, 0.3) is 0 Å². The average molecular weight is 187 g/mol. The van der Waals surface area contributed by atoms with Crippen LogP contribution in [0.15, 0.2) is 11.8 Å². The number of carbonyl (C=O) groups excluding carboxylic acids is 1. The standard InChI is InChI=1S/C8H13NO2S/c1-11-8(10)7-4-3-5-9(6-7)12-2/h6H,3-5H2,1-2H3. The summed E-state index contributed by atoms with van der Waals surface area (Å²) in [6.07, 6.45) is 5.74. The SMILES string of the molecule is COC(=O)C1=CN(SC)CCC1. The lowest BCUT2D eigenvalue weighted by atomic mass is 10.1. The highest BCUT2D eigenvalue weighted by molar-refractivity contribution is 7.96. The van der Waals surface area contributed by atoms with Gasteiger partial charge in [0.15, 0.2) is 0 Å². The topological polar surface area (TPSA) is 29.5 Å². The molecule has 0 fully saturated rings. The monoisotopic (exact) mass is 187 g/mol. The maximum Gasteiger partial charge on any atom is 0.335 e. The van der Waals surface area contributed by atoms with Crippen LogP contribution in [-0.4, -0.2) is 30.2 Å². The minimum absolute atomic E-state index is 0.200. The van der Waals surface area contributed by atoms with Gasteiger partial charge in [-0.25, -0.2) is 4.79 Å². The molecule has 0 radical (unpaired) electrons. The van der Waals surface area contributed by atoms with E-state index < -0.39 is 0 Å². The molecule has 1 aliphatic heterocycles. The molecule has 0 bridgehead atoms. The van der Waals surface area contributed by atoms with Gasteiger partial charge in [0.05, 0.1) is 12.7 Å². The van der Waals surface area contributed by atoms with Gasteiger partial charge in [0, 0.05) is 19.0 Å². The number of rotatable bonds is 2. The largest absolute Gasteiger partial charge is 0.466 e. The molecule has 1 aliphatic rings. The van der Waals surface area contributed by atoms with Crippen molar-refractivity contribution in [1.82, 2.24) is 4.31 Å². The zero-order valence-electron chi connectivity index (χ0n) is 7.37. The highest BCUT2D eigenvalue weighted by atomic mass is 32.2. The molecule has 0 aromatic carbocycles. The summed E-state index contributed by atoms with van der Waals surface area (Å²) >= 11 is 1.63. The normalized spacial score (nSPS) is 17.2. The number of methoxy groups -OCH3 is 1. The van der Waals surface area contributed by atoms with Gasteiger partial charge >= 0.3 is 5.97 Å². The van der Waals surface area contributed by atoms with Crippen molar-refractivity contribution in [1.29, 1.82) is 0 Å². The molecule has 0 spiro atoms. The molecule has 0 aliphatic carbocycles. The molecule has 0 aromatic heterocycles. The van der Waals surface area contributed by atoms with Crippen LogP contribution in [0.2, 0.25) is 0 Å². The zero-order chi connectivity index (χ0) is 8.97. The number of carbonyl (C=O) groups is 1. The molecule has 0 amide bonds. The lowest BCUT2D eigenvalue weighted by Gasteiger charge is -2.22. The molecular weight excluding hydrogens is 174 g/mol. The Morgan fingerprint density at radius 2 is 2.50 bits per heavy atom. The summed E-state index contributed by atoms with van der Waals surface area (Å²) in [6.45, 7) is 1.02. The maximum atomic E-state index is 11.1. The molecule has 4 heteroatoms. The van der Waals surface area contributed by atoms with Crippen molar-refractivity contribution in [3.05, 3.63) is 11.8 Å². The Hall–Kier alpha value is -0.640. The Labute approximate surface area is 76.9 Å². The van der Waals surface area contributed by atoms with Gasteiger partial charge in [0.2, 0.25) is 0 Å². The summed E-state index contributed by atoms with van der Waals surface area (Å²) < 4.78 is 6.69. The van der Waals surface area contributed by atoms with Crippen LogP contribution >= 0.6 is 11.9 Å². The van der Waals surface area contributed by atoms with Crippen molar-refractivity contribution in [3.63, 3.8) is 0 Å². The van der Waals surface area contributed by atoms with Crippen molar-refractivity contribution in [2.75, 3.05) is 19.9 Å². The number of nitrogens with zero attached hydrogens (tertiary/aromatic N) is 1. The first kappa shape index (κ1) is 9.45. The van der Waals surface area contributed by atoms with E-state index in [2.05, 4.69) is 9.04 Å². The van der Waals surface area contributed by atoms with Crippen LogP contribution in [0.3, 0.4) is 0 Å². The first-order valence-electron chi connectivity index (χ1n) is 3.87. The molecule has 0 aromatic rings. The number of hydrogen-bond acceptors (Lipinski definition) is 4. The molecular formula is C8H13NO2S. The van der Waals surface area contributed by atoms with Crippen LogP contribution < -0.4 is 0 Å². The Kier molecular flexibility index (Phi) is 3.47. The van der Waals surface area contributed by atoms with Crippen molar-refractivity contribution < 1.29 is 9.53 Å². The Bertz CT molecular complexity index is 203. The van der Waals surface area contributed by atoms with Gasteiger partial charge in [-0.2, -0.15) is 0 Å². The third-order valence-electron chi connectivity index (χ3n) is 1.81. The summed E-state index contributed by atoms with van der Waals surface area (Å²) in [5.41, 5.74) is 0.776. The highest BCUT2D eigenvalue weighted by Crippen LogP contribution is 2.20. The fraction of sp³-hybridized carbons (Fsp3) is 0.625. The van der Waals surface area contributed by atoms with Gasteiger partial charge in [-0.3, -0.25) is 0 Å². The fourth-order valence-electron chi connectivity index (χ4n) is 1.16. The number of esters is 1. The molecule has 1 heterocycles. The number of hydrogen-bond donors (Lipinski definition) is 0. The zero-order valence-corrected chi connectivity index (χ0v) is 8.19. The Balaban J connectivity index is 2.63. The van der Waals surface area contributed by atoms with E-state index in [0.717, 1.165) is 25.0 Å². The van der Waals surface area contributed by atoms with E-state index >= 15 is 0 Å². The van der Waals surface area contributed by atoms with E-state index in [-0.39, 0.29) is 5.97 Å². The van der Waals surface area contributed by atoms with Gasteiger partial charge in [0.1, 0.15) is 0 Å². The van der Waals surface area contributed by atoms with E-state index in [1.54, 1.807) is 11.9 Å². The van der Waals surface area contributed by atoms with Gasteiger partial charge < -0.3 is 9.04 Å². The van der Waals surface area contributed by atoms with E-state index in [4.69, 9.17) is 0 Å². The molecule has 3 nitrogen and oxygen atoms in total. The first-order chi connectivity index (χ1) is 5.77. The van der Waals surface area contributed by atoms with Crippen molar-refractivity contribution in [3.8, 4) is 0 Å². The average Bonchev–Trinajstić information content (AvgIpc) is 2.17. The summed E-state index contributed by atoms with van der Waals surface area (Å²) in [7, 11) is 1.42. The van der Waals surface area contributed by atoms with Crippen LogP contribution in [0.4, 0.5) is 0 Å². The van der Waals surface area contributed by atoms with Crippen LogP contribution in [0, 0.1) is 0 Å². The minimum atomic E-state index is -0.200. The lowest BCUT2D eigenvalue weighted by Crippen LogP contribution is -2.19. The van der Waals surface area contributed by atoms with E-state index in [1.807, 2.05) is 12.5 Å². The van der Waals surface area contributed by atoms with Crippen LogP contribution in [0.1, 0.15) is 12.8 Å². The molecule has 0 unspecified atom stereocenters. The predicted octanol–water partition coefficient (Wildman–Crippen LogP) is 1.42. The molecule has 0 saturated heterocycles. The third-order valence-corrected chi connectivity index (χ3v) is 2.56. The minimum Gasteiger partial charge on any atom is -0.466 e. The van der Waals surface area contributed by atoms with Gasteiger partial charge in [-0.15, -0.1) is 0 Å². The molecule has 1 rings (SSSR count). The van der Waals surface area contributed by atoms with Crippen LogP contribution in [-0.2, 0) is 9.53 Å². The second-order valence-electron chi connectivity index (χ2n) is 2.57. The molecule has 0 N–H and O–H groups in total. The number of ether oxygens (including phenoxy) is 1. The Morgan fingerprint density at radius 3 is 3.08 bits per heavy atom. The lowest BCUT2D eigenvalue weighted by molar-refractivity contribution is -0.136. The molecule has 0 saturated carbocycles. The smallest absolute Gasteiger partial charge is 0.335 e. The fourth-order valence-corrected chi connectivity index (χ4v) is 1.70. The second-order valence-corrected chi connectivity index (χ2v) is 3.41. The van der Waals surface area contributed by atoms with Gasteiger partial charge in [0.25, 0.3) is 0 Å². The molecule has 0 atom stereocenters. The van der Waals surface area contributed by atoms with Crippen molar-refractivity contribution in [2.45, 2.75) is 12.8 Å².